The minimum Gasteiger partial charge on any atom is -0.487 e. The lowest BCUT2D eigenvalue weighted by atomic mass is 9.79. The standard InChI is InChI=1S/C25H24Cl3FN4O5S/c1-32(2)21-10-16(15-3-5-17(26)18(27)9-15)4-6-22(21)38-23-12-20(29)24(11-19(23)28)39(35,36)33(37-14-34)25-7-8-30-13-31-25/h3,5,7-9,11-14,16,21-22H,4,6,10H2,1-2H3/t16-,21-,22-/m0/s1. The molecule has 0 aliphatic heterocycles. The zero-order valence-corrected chi connectivity index (χ0v) is 23.9. The predicted molar refractivity (Wildman–Crippen MR) is 145 cm³/mol. The van der Waals surface area contributed by atoms with Crippen molar-refractivity contribution < 1.29 is 27.2 Å². The summed E-state index contributed by atoms with van der Waals surface area (Å²) in [6.07, 6.45) is 4.06. The summed E-state index contributed by atoms with van der Waals surface area (Å²) in [7, 11) is -0.899. The molecule has 0 unspecified atom stereocenters. The molecule has 0 N–H and O–H groups in total. The van der Waals surface area contributed by atoms with Gasteiger partial charge in [-0.2, -0.15) is 8.42 Å². The quantitative estimate of drug-likeness (QED) is 0.229. The molecule has 1 fully saturated rings. The van der Waals surface area contributed by atoms with Gasteiger partial charge < -0.3 is 14.5 Å². The summed E-state index contributed by atoms with van der Waals surface area (Å²) in [6.45, 7) is -0.119. The van der Waals surface area contributed by atoms with Gasteiger partial charge in [0.25, 0.3) is 10.0 Å². The Labute approximate surface area is 240 Å². The normalized spacial score (nSPS) is 19.5. The Morgan fingerprint density at radius 1 is 1.05 bits per heavy atom. The van der Waals surface area contributed by atoms with Crippen LogP contribution in [0.25, 0.3) is 0 Å². The van der Waals surface area contributed by atoms with Crippen LogP contribution in [0.15, 0.2) is 53.8 Å². The van der Waals surface area contributed by atoms with E-state index in [4.69, 9.17) is 39.5 Å². The zero-order valence-electron chi connectivity index (χ0n) is 20.8. The van der Waals surface area contributed by atoms with Crippen molar-refractivity contribution in [2.24, 2.45) is 0 Å². The molecule has 14 heteroatoms. The fourth-order valence-electron chi connectivity index (χ4n) is 4.58. The first kappa shape index (κ1) is 29.3. The number of anilines is 1. The average Bonchev–Trinajstić information content (AvgIpc) is 2.91. The van der Waals surface area contributed by atoms with Crippen molar-refractivity contribution in [2.45, 2.75) is 42.2 Å². The number of hydrogen-bond donors (Lipinski definition) is 0. The van der Waals surface area contributed by atoms with Crippen LogP contribution in [0, 0.1) is 5.82 Å². The molecule has 39 heavy (non-hydrogen) atoms. The molecule has 1 heterocycles. The van der Waals surface area contributed by atoms with Crippen molar-refractivity contribution >= 4 is 57.1 Å². The maximum absolute atomic E-state index is 15.3. The van der Waals surface area contributed by atoms with E-state index in [9.17, 15) is 13.2 Å². The minimum absolute atomic E-state index is 0.0113. The second kappa shape index (κ2) is 12.2. The summed E-state index contributed by atoms with van der Waals surface area (Å²) in [5, 5.41) is 0.845. The molecule has 2 aromatic carbocycles. The van der Waals surface area contributed by atoms with Gasteiger partial charge in [-0.25, -0.2) is 14.4 Å². The van der Waals surface area contributed by atoms with Crippen LogP contribution in [0.1, 0.15) is 30.7 Å². The molecule has 3 aromatic rings. The van der Waals surface area contributed by atoms with Gasteiger partial charge in [-0.1, -0.05) is 45.3 Å². The molecule has 1 aliphatic rings. The van der Waals surface area contributed by atoms with Gasteiger partial charge in [0.2, 0.25) is 0 Å². The Morgan fingerprint density at radius 2 is 1.82 bits per heavy atom. The topological polar surface area (TPSA) is 102 Å². The number of sulfonamides is 1. The Balaban J connectivity index is 1.58. The number of ether oxygens (including phenoxy) is 1. The van der Waals surface area contributed by atoms with Gasteiger partial charge >= 0.3 is 6.47 Å². The monoisotopic (exact) mass is 616 g/mol. The highest BCUT2D eigenvalue weighted by atomic mass is 35.5. The van der Waals surface area contributed by atoms with E-state index in [1.165, 1.54) is 12.3 Å². The van der Waals surface area contributed by atoms with Crippen LogP contribution in [0.4, 0.5) is 10.2 Å². The number of nitrogens with zero attached hydrogens (tertiary/aromatic N) is 4. The molecular weight excluding hydrogens is 594 g/mol. The third kappa shape index (κ3) is 6.38. The van der Waals surface area contributed by atoms with Crippen molar-refractivity contribution in [3.05, 3.63) is 75.4 Å². The number of benzene rings is 2. The van der Waals surface area contributed by atoms with Gasteiger partial charge in [0.05, 0.1) is 15.1 Å². The van der Waals surface area contributed by atoms with Gasteiger partial charge in [0.1, 0.15) is 28.9 Å². The zero-order chi connectivity index (χ0) is 28.3. The van der Waals surface area contributed by atoms with Crippen molar-refractivity contribution in [2.75, 3.05) is 18.6 Å². The molecule has 1 aliphatic carbocycles. The fraction of sp³-hybridized carbons (Fsp3) is 0.320. The SMILES string of the molecule is CN(C)[C@H]1C[C@@H](c2ccc(Cl)c(Cl)c2)CC[C@@H]1Oc1cc(F)c(S(=O)(=O)N(OC=O)c2ccncn2)cc1Cl. The first-order valence-electron chi connectivity index (χ1n) is 11.7. The minimum atomic E-state index is -4.74. The first-order valence-corrected chi connectivity index (χ1v) is 14.3. The second-order valence-electron chi connectivity index (χ2n) is 9.09. The molecular formula is C25H24Cl3FN4O5S. The van der Waals surface area contributed by atoms with Crippen molar-refractivity contribution in [3.8, 4) is 5.75 Å². The highest BCUT2D eigenvalue weighted by Crippen LogP contribution is 2.40. The molecule has 0 bridgehead atoms. The largest absolute Gasteiger partial charge is 0.487 e. The van der Waals surface area contributed by atoms with E-state index < -0.39 is 20.7 Å². The fourth-order valence-corrected chi connectivity index (χ4v) is 6.42. The molecule has 1 aromatic heterocycles. The maximum Gasteiger partial charge on any atom is 0.322 e. The number of hydrogen-bond acceptors (Lipinski definition) is 8. The molecule has 4 rings (SSSR count). The highest BCUT2D eigenvalue weighted by Gasteiger charge is 2.36. The smallest absolute Gasteiger partial charge is 0.322 e. The van der Waals surface area contributed by atoms with E-state index in [2.05, 4.69) is 14.8 Å². The molecule has 9 nitrogen and oxygen atoms in total. The highest BCUT2D eigenvalue weighted by molar-refractivity contribution is 7.92. The van der Waals surface area contributed by atoms with E-state index in [0.717, 1.165) is 36.9 Å². The van der Waals surface area contributed by atoms with E-state index in [-0.39, 0.29) is 45.6 Å². The summed E-state index contributed by atoms with van der Waals surface area (Å²) in [4.78, 5) is 24.2. The molecule has 1 saturated carbocycles. The summed E-state index contributed by atoms with van der Waals surface area (Å²) < 4.78 is 47.9. The summed E-state index contributed by atoms with van der Waals surface area (Å²) in [6, 6.07) is 8.53. The van der Waals surface area contributed by atoms with Gasteiger partial charge in [-0.05, 0) is 63.0 Å². The molecule has 3 atom stereocenters. The van der Waals surface area contributed by atoms with Crippen molar-refractivity contribution in [3.63, 3.8) is 0 Å². The first-order chi connectivity index (χ1) is 18.5. The Bertz CT molecular complexity index is 1450. The maximum atomic E-state index is 15.3. The van der Waals surface area contributed by atoms with Crippen LogP contribution in [0.3, 0.4) is 0 Å². The predicted octanol–water partition coefficient (Wildman–Crippen LogP) is 5.50. The molecule has 0 amide bonds. The van der Waals surface area contributed by atoms with E-state index in [0.29, 0.717) is 16.5 Å². The number of carbonyl (C=O) groups is 1. The Kier molecular flexibility index (Phi) is 9.18. The van der Waals surface area contributed by atoms with Crippen LogP contribution in [0.5, 0.6) is 5.75 Å². The Hall–Kier alpha value is -2.70. The number of halogens is 4. The van der Waals surface area contributed by atoms with Gasteiger partial charge in [-0.15, -0.1) is 0 Å². The lowest BCUT2D eigenvalue weighted by Crippen LogP contribution is -2.46. The van der Waals surface area contributed by atoms with Crippen molar-refractivity contribution in [1.82, 2.24) is 14.9 Å². The van der Waals surface area contributed by atoms with Gasteiger partial charge in [0.15, 0.2) is 5.82 Å². The van der Waals surface area contributed by atoms with Gasteiger partial charge in [0, 0.05) is 24.4 Å². The van der Waals surface area contributed by atoms with Crippen LogP contribution in [0.2, 0.25) is 15.1 Å². The third-order valence-corrected chi connectivity index (χ3v) is 9.10. The number of carbonyl (C=O) groups excluding carboxylic acids is 1. The lowest BCUT2D eigenvalue weighted by Gasteiger charge is -2.40. The number of aromatic nitrogens is 2. The molecule has 0 spiro atoms. The summed E-state index contributed by atoms with van der Waals surface area (Å²) in [5.41, 5.74) is 1.07. The van der Waals surface area contributed by atoms with E-state index in [1.807, 2.05) is 31.1 Å². The second-order valence-corrected chi connectivity index (χ2v) is 12.0. The van der Waals surface area contributed by atoms with Gasteiger partial charge in [-0.3, -0.25) is 4.79 Å². The summed E-state index contributed by atoms with van der Waals surface area (Å²) in [5.74, 6) is -1.26. The van der Waals surface area contributed by atoms with Crippen LogP contribution >= 0.6 is 34.8 Å². The number of likely N-dealkylation sites (N-methyl/N-ethyl adjacent to an activating group) is 1. The van der Waals surface area contributed by atoms with E-state index in [1.54, 1.807) is 6.07 Å². The van der Waals surface area contributed by atoms with Crippen LogP contribution in [-0.4, -0.2) is 56.0 Å². The van der Waals surface area contributed by atoms with Crippen LogP contribution in [-0.2, 0) is 19.7 Å². The number of rotatable bonds is 9. The third-order valence-electron chi connectivity index (χ3n) is 6.49. The lowest BCUT2D eigenvalue weighted by molar-refractivity contribution is -0.128. The Morgan fingerprint density at radius 3 is 2.46 bits per heavy atom. The van der Waals surface area contributed by atoms with Crippen molar-refractivity contribution in [1.29, 1.82) is 0 Å². The molecule has 0 saturated heterocycles. The average molecular weight is 618 g/mol. The van der Waals surface area contributed by atoms with Crippen LogP contribution < -0.4 is 9.21 Å². The molecule has 208 valence electrons. The summed E-state index contributed by atoms with van der Waals surface area (Å²) >= 11 is 18.7. The molecule has 0 radical (unpaired) electrons. The van der Waals surface area contributed by atoms with E-state index >= 15 is 4.39 Å².